The molecule has 0 saturated heterocycles. The largest absolute Gasteiger partial charge is 0.379 e. The summed E-state index contributed by atoms with van der Waals surface area (Å²) < 4.78 is 1.91. The third-order valence-corrected chi connectivity index (χ3v) is 4.72. The molecule has 2 aromatic rings. The number of nitrogens with one attached hydrogen (secondary N) is 1. The van der Waals surface area contributed by atoms with Gasteiger partial charge in [-0.15, -0.1) is 11.3 Å². The Kier molecular flexibility index (Phi) is 4.24. The second-order valence-corrected chi connectivity index (χ2v) is 6.21. The van der Waals surface area contributed by atoms with E-state index in [-0.39, 0.29) is 0 Å². The lowest BCUT2D eigenvalue weighted by Gasteiger charge is -2.05. The molecule has 0 saturated carbocycles. The first-order valence-electron chi connectivity index (χ1n) is 4.43. The molecule has 0 amide bonds. The lowest BCUT2D eigenvalue weighted by Crippen LogP contribution is -1.97. The van der Waals surface area contributed by atoms with Crippen molar-refractivity contribution in [2.75, 3.05) is 5.32 Å². The van der Waals surface area contributed by atoms with Gasteiger partial charge in [0.1, 0.15) is 5.15 Å². The average molecular weight is 383 g/mol. The summed E-state index contributed by atoms with van der Waals surface area (Å²) in [6, 6.07) is 4.01. The zero-order chi connectivity index (χ0) is 11.5. The van der Waals surface area contributed by atoms with E-state index in [0.29, 0.717) is 5.15 Å². The first-order chi connectivity index (χ1) is 7.65. The predicted octanol–water partition coefficient (Wildman–Crippen LogP) is 4.93. The van der Waals surface area contributed by atoms with Gasteiger partial charge in [0.15, 0.2) is 0 Å². The van der Waals surface area contributed by atoms with Crippen LogP contribution >= 0.6 is 54.8 Å². The number of rotatable bonds is 3. The molecule has 2 aromatic heterocycles. The molecule has 0 bridgehead atoms. The van der Waals surface area contributed by atoms with Crippen molar-refractivity contribution >= 4 is 60.5 Å². The normalized spacial score (nSPS) is 10.4. The quantitative estimate of drug-likeness (QED) is 0.761. The molecule has 0 aliphatic heterocycles. The van der Waals surface area contributed by atoms with Gasteiger partial charge >= 0.3 is 0 Å². The van der Waals surface area contributed by atoms with E-state index in [1.807, 2.05) is 6.07 Å². The van der Waals surface area contributed by atoms with Crippen LogP contribution in [0.5, 0.6) is 0 Å². The molecule has 6 heteroatoms. The van der Waals surface area contributed by atoms with E-state index in [0.717, 1.165) is 21.2 Å². The minimum Gasteiger partial charge on any atom is -0.379 e. The van der Waals surface area contributed by atoms with Crippen molar-refractivity contribution in [3.05, 3.63) is 42.7 Å². The van der Waals surface area contributed by atoms with Crippen LogP contribution in [0.25, 0.3) is 0 Å². The number of hydrogen-bond acceptors (Lipinski definition) is 3. The average Bonchev–Trinajstić information content (AvgIpc) is 2.66. The molecule has 2 rings (SSSR count). The highest BCUT2D eigenvalue weighted by molar-refractivity contribution is 9.10. The third kappa shape index (κ3) is 3.20. The molecule has 2 nitrogen and oxygen atoms in total. The Balaban J connectivity index is 2.02. The molecule has 0 fully saturated rings. The summed E-state index contributed by atoms with van der Waals surface area (Å²) in [4.78, 5) is 5.31. The highest BCUT2D eigenvalue weighted by Crippen LogP contribution is 2.24. The lowest BCUT2D eigenvalue weighted by molar-refractivity contribution is 1.17. The zero-order valence-corrected chi connectivity index (χ0v) is 12.8. The molecule has 2 heterocycles. The van der Waals surface area contributed by atoms with Crippen LogP contribution in [-0.2, 0) is 6.54 Å². The summed E-state index contributed by atoms with van der Waals surface area (Å²) in [5, 5.41) is 5.82. The van der Waals surface area contributed by atoms with Crippen LogP contribution in [0.4, 0.5) is 5.69 Å². The Morgan fingerprint density at radius 1 is 1.38 bits per heavy atom. The van der Waals surface area contributed by atoms with E-state index >= 15 is 0 Å². The molecule has 0 aliphatic carbocycles. The second kappa shape index (κ2) is 5.49. The van der Waals surface area contributed by atoms with Gasteiger partial charge in [0.2, 0.25) is 0 Å². The molecule has 1 N–H and O–H groups in total. The number of pyridine rings is 1. The molecule has 0 radical (unpaired) electrons. The van der Waals surface area contributed by atoms with E-state index in [9.17, 15) is 0 Å². The van der Waals surface area contributed by atoms with Crippen molar-refractivity contribution in [3.63, 3.8) is 0 Å². The molecule has 0 aliphatic rings. The van der Waals surface area contributed by atoms with Crippen LogP contribution < -0.4 is 5.32 Å². The molecular weight excluding hydrogens is 375 g/mol. The summed E-state index contributed by atoms with van der Waals surface area (Å²) in [6.45, 7) is 0.784. The van der Waals surface area contributed by atoms with Crippen molar-refractivity contribution < 1.29 is 0 Å². The van der Waals surface area contributed by atoms with Crippen LogP contribution in [0.3, 0.4) is 0 Å². The maximum Gasteiger partial charge on any atom is 0.143 e. The first-order valence-corrected chi connectivity index (χ1v) is 7.27. The van der Waals surface area contributed by atoms with Gasteiger partial charge in [0, 0.05) is 21.3 Å². The summed E-state index contributed by atoms with van der Waals surface area (Å²) >= 11 is 14.3. The Morgan fingerprint density at radius 3 is 2.81 bits per heavy atom. The number of hydrogen-bond donors (Lipinski definition) is 1. The van der Waals surface area contributed by atoms with Crippen molar-refractivity contribution in [3.8, 4) is 0 Å². The summed E-state index contributed by atoms with van der Waals surface area (Å²) in [6.07, 6.45) is 1.72. The molecular formula is C10H7Br2ClN2S. The van der Waals surface area contributed by atoms with Gasteiger partial charge in [-0.25, -0.2) is 4.98 Å². The van der Waals surface area contributed by atoms with Crippen LogP contribution in [0.2, 0.25) is 5.15 Å². The van der Waals surface area contributed by atoms with Crippen molar-refractivity contribution in [1.82, 2.24) is 4.98 Å². The predicted molar refractivity (Wildman–Crippen MR) is 76.3 cm³/mol. The van der Waals surface area contributed by atoms with Gasteiger partial charge in [-0.2, -0.15) is 0 Å². The Morgan fingerprint density at radius 2 is 2.19 bits per heavy atom. The second-order valence-electron chi connectivity index (χ2n) is 3.08. The smallest absolute Gasteiger partial charge is 0.143 e. The number of nitrogens with zero attached hydrogens (tertiary/aromatic N) is 1. The Hall–Kier alpha value is -0.100. The fourth-order valence-corrected chi connectivity index (χ4v) is 3.00. The highest BCUT2D eigenvalue weighted by Gasteiger charge is 2.01. The molecule has 16 heavy (non-hydrogen) atoms. The topological polar surface area (TPSA) is 24.9 Å². The van der Waals surface area contributed by atoms with E-state index in [1.54, 1.807) is 17.5 Å². The van der Waals surface area contributed by atoms with Gasteiger partial charge in [-0.05, 0) is 44.0 Å². The fraction of sp³-hybridized carbons (Fsp3) is 0.100. The Bertz CT molecular complexity index is 501. The molecule has 0 aromatic carbocycles. The number of aromatic nitrogens is 1. The maximum atomic E-state index is 5.81. The van der Waals surface area contributed by atoms with Crippen molar-refractivity contribution in [2.45, 2.75) is 6.54 Å². The molecule has 0 unspecified atom stereocenters. The standard InChI is InChI=1S/C10H7Br2ClN2S/c11-6-1-8(16-5-6)4-14-7-2-9(12)10(13)15-3-7/h1-3,5,14H,4H2. The van der Waals surface area contributed by atoms with Crippen molar-refractivity contribution in [2.24, 2.45) is 0 Å². The van der Waals surface area contributed by atoms with Crippen LogP contribution in [0.15, 0.2) is 32.7 Å². The van der Waals surface area contributed by atoms with E-state index in [4.69, 9.17) is 11.6 Å². The van der Waals surface area contributed by atoms with Gasteiger partial charge in [0.05, 0.1) is 16.4 Å². The number of thiophene rings is 1. The number of anilines is 1. The minimum absolute atomic E-state index is 0.476. The van der Waals surface area contributed by atoms with Gasteiger partial charge in [-0.1, -0.05) is 11.6 Å². The van der Waals surface area contributed by atoms with E-state index in [2.05, 4.69) is 53.6 Å². The molecule has 0 spiro atoms. The monoisotopic (exact) mass is 380 g/mol. The van der Waals surface area contributed by atoms with Gasteiger partial charge < -0.3 is 5.32 Å². The van der Waals surface area contributed by atoms with Crippen LogP contribution in [-0.4, -0.2) is 4.98 Å². The number of halogens is 3. The molecule has 0 atom stereocenters. The summed E-state index contributed by atoms with van der Waals surface area (Å²) in [7, 11) is 0. The zero-order valence-electron chi connectivity index (χ0n) is 8.01. The fourth-order valence-electron chi connectivity index (χ4n) is 1.15. The van der Waals surface area contributed by atoms with Crippen LogP contribution in [0, 0.1) is 0 Å². The molecule has 84 valence electrons. The maximum absolute atomic E-state index is 5.81. The van der Waals surface area contributed by atoms with E-state index < -0.39 is 0 Å². The summed E-state index contributed by atoms with van der Waals surface area (Å²) in [5.74, 6) is 0. The third-order valence-electron chi connectivity index (χ3n) is 1.88. The highest BCUT2D eigenvalue weighted by atomic mass is 79.9. The first kappa shape index (κ1) is 12.4. The lowest BCUT2D eigenvalue weighted by atomic mass is 10.4. The van der Waals surface area contributed by atoms with E-state index in [1.165, 1.54) is 4.88 Å². The van der Waals surface area contributed by atoms with Crippen molar-refractivity contribution in [1.29, 1.82) is 0 Å². The van der Waals surface area contributed by atoms with Crippen LogP contribution in [0.1, 0.15) is 4.88 Å². The Labute approximate surface area is 119 Å². The SMILES string of the molecule is Clc1ncc(NCc2cc(Br)cs2)cc1Br. The minimum atomic E-state index is 0.476. The van der Waals surface area contributed by atoms with Gasteiger partial charge in [0.25, 0.3) is 0 Å². The van der Waals surface area contributed by atoms with Gasteiger partial charge in [-0.3, -0.25) is 0 Å². The summed E-state index contributed by atoms with van der Waals surface area (Å²) in [5.41, 5.74) is 0.945.